The Bertz CT molecular complexity index is 199. The maximum Gasteiger partial charge on any atom is 0.236 e. The Balaban J connectivity index is 2.20. The van der Waals surface area contributed by atoms with Crippen LogP contribution in [0.2, 0.25) is 0 Å². The average Bonchev–Trinajstić information content (AvgIpc) is 2.11. The highest BCUT2D eigenvalue weighted by Crippen LogP contribution is 2.39. The van der Waals surface area contributed by atoms with E-state index >= 15 is 0 Å². The molecule has 0 spiro atoms. The fraction of sp³-hybridized carbons (Fsp3) is 0.909. The normalized spacial score (nSPS) is 21.1. The van der Waals surface area contributed by atoms with Gasteiger partial charge in [-0.1, -0.05) is 26.7 Å². The zero-order valence-corrected chi connectivity index (χ0v) is 9.31. The van der Waals surface area contributed by atoms with Gasteiger partial charge in [0, 0.05) is 6.54 Å². The maximum absolute atomic E-state index is 11.5. The summed E-state index contributed by atoms with van der Waals surface area (Å²) in [6.07, 6.45) is 5.51. The molecular weight excluding hydrogens is 176 g/mol. The van der Waals surface area contributed by atoms with Gasteiger partial charge in [-0.2, -0.15) is 0 Å². The molecule has 0 bridgehead atoms. The Hall–Kier alpha value is -0.570. The van der Waals surface area contributed by atoms with Crippen LogP contribution < -0.4 is 11.1 Å². The molecule has 1 amide bonds. The number of rotatable bonds is 5. The molecule has 0 aromatic rings. The van der Waals surface area contributed by atoms with E-state index in [0.717, 1.165) is 19.4 Å². The molecule has 0 radical (unpaired) electrons. The topological polar surface area (TPSA) is 55.1 Å². The van der Waals surface area contributed by atoms with Crippen LogP contribution in [0.3, 0.4) is 0 Å². The van der Waals surface area contributed by atoms with Crippen LogP contribution in [-0.2, 0) is 4.79 Å². The Morgan fingerprint density at radius 3 is 2.64 bits per heavy atom. The van der Waals surface area contributed by atoms with Crippen LogP contribution in [-0.4, -0.2) is 18.5 Å². The lowest BCUT2D eigenvalue weighted by molar-refractivity contribution is -0.123. The first-order chi connectivity index (χ1) is 6.57. The summed E-state index contributed by atoms with van der Waals surface area (Å²) in [6, 6.07) is -0.316. The number of hydrogen-bond donors (Lipinski definition) is 2. The van der Waals surface area contributed by atoms with Crippen molar-refractivity contribution < 1.29 is 4.79 Å². The Morgan fingerprint density at radius 2 is 2.21 bits per heavy atom. The highest BCUT2D eigenvalue weighted by atomic mass is 16.2. The summed E-state index contributed by atoms with van der Waals surface area (Å²) in [5.74, 6) is 0.0139. The van der Waals surface area contributed by atoms with Crippen LogP contribution in [0.4, 0.5) is 0 Å². The second-order valence-corrected chi connectivity index (χ2v) is 4.78. The number of carbonyl (C=O) groups is 1. The van der Waals surface area contributed by atoms with Gasteiger partial charge >= 0.3 is 0 Å². The highest BCUT2D eigenvalue weighted by molar-refractivity contribution is 5.81. The fourth-order valence-corrected chi connectivity index (χ4v) is 1.83. The summed E-state index contributed by atoms with van der Waals surface area (Å²) < 4.78 is 0. The van der Waals surface area contributed by atoms with Crippen molar-refractivity contribution in [2.75, 3.05) is 6.54 Å². The van der Waals surface area contributed by atoms with Crippen molar-refractivity contribution in [1.29, 1.82) is 0 Å². The predicted molar refractivity (Wildman–Crippen MR) is 57.9 cm³/mol. The quantitative estimate of drug-likeness (QED) is 0.702. The van der Waals surface area contributed by atoms with Gasteiger partial charge in [-0.3, -0.25) is 4.79 Å². The number of amides is 1. The van der Waals surface area contributed by atoms with E-state index in [0.29, 0.717) is 5.41 Å². The summed E-state index contributed by atoms with van der Waals surface area (Å²) in [5.41, 5.74) is 6.05. The van der Waals surface area contributed by atoms with Crippen LogP contribution in [0.25, 0.3) is 0 Å². The van der Waals surface area contributed by atoms with Gasteiger partial charge in [0.05, 0.1) is 6.04 Å². The molecule has 3 nitrogen and oxygen atoms in total. The molecule has 0 heterocycles. The number of carbonyl (C=O) groups excluding carboxylic acids is 1. The van der Waals surface area contributed by atoms with Crippen molar-refractivity contribution in [2.24, 2.45) is 11.1 Å². The molecule has 0 aliphatic heterocycles. The molecule has 1 aliphatic carbocycles. The van der Waals surface area contributed by atoms with E-state index in [1.807, 2.05) is 6.92 Å². The van der Waals surface area contributed by atoms with Crippen molar-refractivity contribution in [1.82, 2.24) is 5.32 Å². The second kappa shape index (κ2) is 4.78. The third-order valence-electron chi connectivity index (χ3n) is 3.19. The molecule has 1 aliphatic rings. The first-order valence-electron chi connectivity index (χ1n) is 5.61. The van der Waals surface area contributed by atoms with Crippen molar-refractivity contribution in [3.63, 3.8) is 0 Å². The SMILES string of the molecule is CCC[C@@H](N)C(=O)NCC1(C)CCC1. The minimum absolute atomic E-state index is 0.0139. The van der Waals surface area contributed by atoms with Crippen molar-refractivity contribution in [3.8, 4) is 0 Å². The summed E-state index contributed by atoms with van der Waals surface area (Å²) in [4.78, 5) is 11.5. The molecule has 3 heteroatoms. The van der Waals surface area contributed by atoms with E-state index in [4.69, 9.17) is 5.73 Å². The van der Waals surface area contributed by atoms with Gasteiger partial charge in [-0.25, -0.2) is 0 Å². The van der Waals surface area contributed by atoms with Gasteiger partial charge in [0.1, 0.15) is 0 Å². The smallest absolute Gasteiger partial charge is 0.236 e. The van der Waals surface area contributed by atoms with E-state index in [-0.39, 0.29) is 11.9 Å². The lowest BCUT2D eigenvalue weighted by Gasteiger charge is -2.38. The van der Waals surface area contributed by atoms with Crippen LogP contribution in [0.1, 0.15) is 46.0 Å². The number of nitrogens with two attached hydrogens (primary N) is 1. The lowest BCUT2D eigenvalue weighted by atomic mass is 9.70. The monoisotopic (exact) mass is 198 g/mol. The molecule has 0 unspecified atom stereocenters. The number of nitrogens with one attached hydrogen (secondary N) is 1. The molecule has 1 rings (SSSR count). The summed E-state index contributed by atoms with van der Waals surface area (Å²) in [5, 5.41) is 2.95. The minimum Gasteiger partial charge on any atom is -0.354 e. The molecule has 14 heavy (non-hydrogen) atoms. The van der Waals surface area contributed by atoms with Crippen LogP contribution in [0, 0.1) is 5.41 Å². The van der Waals surface area contributed by atoms with Gasteiger partial charge < -0.3 is 11.1 Å². The Morgan fingerprint density at radius 1 is 1.57 bits per heavy atom. The minimum atomic E-state index is -0.316. The van der Waals surface area contributed by atoms with Crippen molar-refractivity contribution >= 4 is 5.91 Å². The Labute approximate surface area is 86.4 Å². The van der Waals surface area contributed by atoms with Crippen molar-refractivity contribution in [3.05, 3.63) is 0 Å². The standard InChI is InChI=1S/C11H22N2O/c1-3-5-9(12)10(14)13-8-11(2)6-4-7-11/h9H,3-8,12H2,1-2H3,(H,13,14)/t9-/m1/s1. The third-order valence-corrected chi connectivity index (χ3v) is 3.19. The van der Waals surface area contributed by atoms with E-state index in [1.54, 1.807) is 0 Å². The third kappa shape index (κ3) is 2.98. The van der Waals surface area contributed by atoms with E-state index < -0.39 is 0 Å². The highest BCUT2D eigenvalue weighted by Gasteiger charge is 2.32. The van der Waals surface area contributed by atoms with Gasteiger partial charge in [-0.15, -0.1) is 0 Å². The zero-order chi connectivity index (χ0) is 10.6. The van der Waals surface area contributed by atoms with Crippen LogP contribution in [0.15, 0.2) is 0 Å². The predicted octanol–water partition coefficient (Wildman–Crippen LogP) is 1.42. The molecule has 3 N–H and O–H groups in total. The van der Waals surface area contributed by atoms with E-state index in [9.17, 15) is 4.79 Å². The fourth-order valence-electron chi connectivity index (χ4n) is 1.83. The maximum atomic E-state index is 11.5. The first-order valence-corrected chi connectivity index (χ1v) is 5.61. The Kier molecular flexibility index (Phi) is 3.93. The van der Waals surface area contributed by atoms with Crippen LogP contribution >= 0.6 is 0 Å². The molecular formula is C11H22N2O. The van der Waals surface area contributed by atoms with Crippen molar-refractivity contribution in [2.45, 2.75) is 52.0 Å². The van der Waals surface area contributed by atoms with Gasteiger partial charge in [-0.05, 0) is 24.7 Å². The van der Waals surface area contributed by atoms with Crippen LogP contribution in [0.5, 0.6) is 0 Å². The summed E-state index contributed by atoms with van der Waals surface area (Å²) in [6.45, 7) is 5.06. The largest absolute Gasteiger partial charge is 0.354 e. The second-order valence-electron chi connectivity index (χ2n) is 4.78. The summed E-state index contributed by atoms with van der Waals surface area (Å²) in [7, 11) is 0. The van der Waals surface area contributed by atoms with Gasteiger partial charge in [0.2, 0.25) is 5.91 Å². The number of hydrogen-bond acceptors (Lipinski definition) is 2. The van der Waals surface area contributed by atoms with E-state index in [1.165, 1.54) is 19.3 Å². The van der Waals surface area contributed by atoms with Gasteiger partial charge in [0.25, 0.3) is 0 Å². The zero-order valence-electron chi connectivity index (χ0n) is 9.31. The molecule has 82 valence electrons. The molecule has 0 aromatic heterocycles. The van der Waals surface area contributed by atoms with Gasteiger partial charge in [0.15, 0.2) is 0 Å². The summed E-state index contributed by atoms with van der Waals surface area (Å²) >= 11 is 0. The average molecular weight is 198 g/mol. The van der Waals surface area contributed by atoms with E-state index in [2.05, 4.69) is 12.2 Å². The lowest BCUT2D eigenvalue weighted by Crippen LogP contribution is -2.46. The molecule has 0 saturated heterocycles. The molecule has 0 aromatic carbocycles. The first kappa shape index (κ1) is 11.5. The molecule has 1 atom stereocenters. The molecule has 1 saturated carbocycles. The molecule has 1 fully saturated rings.